The van der Waals surface area contributed by atoms with E-state index in [-0.39, 0.29) is 44.0 Å². The number of carbonyl (C=O) groups is 6. The van der Waals surface area contributed by atoms with Gasteiger partial charge < -0.3 is 19.6 Å². The van der Waals surface area contributed by atoms with Crippen LogP contribution in [0.15, 0.2) is 30.3 Å². The molecular weight excluding hydrogens is 628 g/mol. The van der Waals surface area contributed by atoms with Gasteiger partial charge in [-0.05, 0) is 45.6 Å². The number of unbranched alkanes of at least 4 members (excludes halogenated alkanes) is 13. The summed E-state index contributed by atoms with van der Waals surface area (Å²) < 4.78 is 10.7. The molecule has 274 valence electrons. The zero-order chi connectivity index (χ0) is 35.9. The number of nitrogens with one attached hydrogen (secondary N) is 1. The minimum Gasteiger partial charge on any atom is -0.461 e. The van der Waals surface area contributed by atoms with Crippen LogP contribution in [0.25, 0.3) is 0 Å². The summed E-state index contributed by atoms with van der Waals surface area (Å²) in [6.45, 7) is 5.48. The molecule has 1 heterocycles. The number of carbonyl (C=O) groups excluding carboxylic acids is 6. The highest BCUT2D eigenvalue weighted by atomic mass is 16.7. The van der Waals surface area contributed by atoms with Crippen molar-refractivity contribution in [2.45, 2.75) is 167 Å². The lowest BCUT2D eigenvalue weighted by Gasteiger charge is -2.24. The van der Waals surface area contributed by atoms with E-state index >= 15 is 0 Å². The lowest BCUT2D eigenvalue weighted by atomic mass is 10.0. The summed E-state index contributed by atoms with van der Waals surface area (Å²) in [5.41, 5.74) is 0.233. The molecule has 1 N–H and O–H groups in total. The molecule has 0 bridgehead atoms. The minimum atomic E-state index is -1.05. The predicted molar refractivity (Wildman–Crippen MR) is 184 cm³/mol. The van der Waals surface area contributed by atoms with Gasteiger partial charge in [0.25, 0.3) is 11.8 Å². The molecule has 0 unspecified atom stereocenters. The fourth-order valence-electron chi connectivity index (χ4n) is 5.44. The van der Waals surface area contributed by atoms with Gasteiger partial charge in [0.2, 0.25) is 5.91 Å². The van der Waals surface area contributed by atoms with E-state index in [2.05, 4.69) is 5.32 Å². The highest BCUT2D eigenvalue weighted by Gasteiger charge is 2.33. The Morgan fingerprint density at radius 3 is 1.69 bits per heavy atom. The van der Waals surface area contributed by atoms with Gasteiger partial charge in [0, 0.05) is 25.7 Å². The van der Waals surface area contributed by atoms with E-state index in [1.54, 1.807) is 20.8 Å². The molecule has 1 aliphatic rings. The molecule has 1 aromatic carbocycles. The molecule has 0 spiro atoms. The standard InChI is InChI=1S/C38H58N2O9/c1-38(2,3)48-37(46)31(25-28-36(45)49-40-33(42)26-27-34(40)43)39-32(41)23-19-14-12-10-8-6-4-5-7-9-11-13-15-20-24-35(44)47-29-30-21-17-16-18-22-30/h16-18,21-22,31H,4-15,19-20,23-29H2,1-3H3,(H,39,41)/t31-/m0/s1. The van der Waals surface area contributed by atoms with E-state index in [4.69, 9.17) is 14.3 Å². The van der Waals surface area contributed by atoms with Gasteiger partial charge in [-0.2, -0.15) is 0 Å². The molecule has 11 nitrogen and oxygen atoms in total. The van der Waals surface area contributed by atoms with Gasteiger partial charge in [-0.3, -0.25) is 19.2 Å². The lowest BCUT2D eigenvalue weighted by Crippen LogP contribution is -2.44. The van der Waals surface area contributed by atoms with Crippen LogP contribution in [0.4, 0.5) is 0 Å². The second-order valence-electron chi connectivity index (χ2n) is 13.8. The molecule has 1 aromatic rings. The van der Waals surface area contributed by atoms with Gasteiger partial charge in [-0.1, -0.05) is 107 Å². The van der Waals surface area contributed by atoms with E-state index in [1.165, 1.54) is 44.9 Å². The summed E-state index contributed by atoms with van der Waals surface area (Å²) in [6, 6.07) is 8.69. The van der Waals surface area contributed by atoms with Crippen LogP contribution in [-0.4, -0.2) is 52.3 Å². The van der Waals surface area contributed by atoms with E-state index < -0.39 is 35.4 Å². The predicted octanol–water partition coefficient (Wildman–Crippen LogP) is 7.19. The quantitative estimate of drug-likeness (QED) is 0.0642. The summed E-state index contributed by atoms with van der Waals surface area (Å²) in [7, 11) is 0. The van der Waals surface area contributed by atoms with Crippen molar-refractivity contribution >= 4 is 35.6 Å². The van der Waals surface area contributed by atoms with Crippen molar-refractivity contribution in [1.29, 1.82) is 0 Å². The van der Waals surface area contributed by atoms with Crippen LogP contribution in [-0.2, 0) is 49.7 Å². The Morgan fingerprint density at radius 1 is 0.694 bits per heavy atom. The van der Waals surface area contributed by atoms with E-state index in [0.29, 0.717) is 24.5 Å². The summed E-state index contributed by atoms with van der Waals surface area (Å²) in [6.07, 6.45) is 15.8. The van der Waals surface area contributed by atoms with E-state index in [1.807, 2.05) is 30.3 Å². The average molecular weight is 687 g/mol. The van der Waals surface area contributed by atoms with Gasteiger partial charge in [-0.15, -0.1) is 5.06 Å². The number of rotatable bonds is 25. The Morgan fingerprint density at radius 2 is 1.18 bits per heavy atom. The highest BCUT2D eigenvalue weighted by molar-refractivity contribution is 6.01. The molecule has 11 heteroatoms. The fourth-order valence-corrected chi connectivity index (χ4v) is 5.44. The van der Waals surface area contributed by atoms with Crippen LogP contribution < -0.4 is 5.32 Å². The molecule has 0 radical (unpaired) electrons. The molecule has 1 aliphatic heterocycles. The van der Waals surface area contributed by atoms with Crippen molar-refractivity contribution in [2.75, 3.05) is 0 Å². The molecule has 49 heavy (non-hydrogen) atoms. The first-order valence-electron chi connectivity index (χ1n) is 18.2. The van der Waals surface area contributed by atoms with Crippen molar-refractivity contribution in [1.82, 2.24) is 10.4 Å². The van der Waals surface area contributed by atoms with Crippen molar-refractivity contribution < 1.29 is 43.1 Å². The van der Waals surface area contributed by atoms with Gasteiger partial charge in [0.15, 0.2) is 0 Å². The normalized spacial score (nSPS) is 13.7. The number of ether oxygens (including phenoxy) is 2. The Bertz CT molecular complexity index is 1160. The summed E-state index contributed by atoms with van der Waals surface area (Å²) in [5, 5.41) is 3.15. The molecule has 0 aromatic heterocycles. The minimum absolute atomic E-state index is 0.00977. The summed E-state index contributed by atoms with van der Waals surface area (Å²) in [4.78, 5) is 77.7. The Balaban J connectivity index is 1.45. The number of hydrogen-bond acceptors (Lipinski definition) is 9. The number of hydroxylamine groups is 2. The van der Waals surface area contributed by atoms with Crippen LogP contribution in [0, 0.1) is 0 Å². The highest BCUT2D eigenvalue weighted by Crippen LogP contribution is 2.17. The maximum absolute atomic E-state index is 12.7. The van der Waals surface area contributed by atoms with Gasteiger partial charge >= 0.3 is 17.9 Å². The topological polar surface area (TPSA) is 145 Å². The Kier molecular flexibility index (Phi) is 19.9. The first-order chi connectivity index (χ1) is 23.4. The SMILES string of the molecule is CC(C)(C)OC(=O)[C@H](CCC(=O)ON1C(=O)CCC1=O)NC(=O)CCCCCCCCCCCCCCCCC(=O)OCc1ccccc1. The largest absolute Gasteiger partial charge is 0.461 e. The maximum Gasteiger partial charge on any atom is 0.333 e. The molecule has 1 saturated heterocycles. The van der Waals surface area contributed by atoms with Crippen LogP contribution in [0.3, 0.4) is 0 Å². The number of imide groups is 1. The average Bonchev–Trinajstić information content (AvgIpc) is 3.37. The first kappa shape index (κ1) is 41.4. The van der Waals surface area contributed by atoms with Crippen molar-refractivity contribution in [3.05, 3.63) is 35.9 Å². The third-order valence-corrected chi connectivity index (χ3v) is 8.14. The van der Waals surface area contributed by atoms with Crippen LogP contribution in [0.1, 0.15) is 155 Å². The van der Waals surface area contributed by atoms with Crippen LogP contribution in [0.5, 0.6) is 0 Å². The number of hydrogen-bond donors (Lipinski definition) is 1. The van der Waals surface area contributed by atoms with E-state index in [9.17, 15) is 28.8 Å². The molecule has 2 rings (SSSR count). The number of nitrogens with zero attached hydrogens (tertiary/aromatic N) is 1. The van der Waals surface area contributed by atoms with Crippen molar-refractivity contribution in [3.63, 3.8) is 0 Å². The number of benzene rings is 1. The van der Waals surface area contributed by atoms with Crippen molar-refractivity contribution in [3.8, 4) is 0 Å². The zero-order valence-electron chi connectivity index (χ0n) is 29.9. The Labute approximate surface area is 292 Å². The summed E-state index contributed by atoms with van der Waals surface area (Å²) >= 11 is 0. The molecule has 0 aliphatic carbocycles. The van der Waals surface area contributed by atoms with Crippen LogP contribution in [0.2, 0.25) is 0 Å². The second-order valence-corrected chi connectivity index (χ2v) is 13.8. The second kappa shape index (κ2) is 23.6. The van der Waals surface area contributed by atoms with Crippen molar-refractivity contribution in [2.24, 2.45) is 0 Å². The Hall–Kier alpha value is -3.76. The first-order valence-corrected chi connectivity index (χ1v) is 18.2. The maximum atomic E-state index is 12.7. The molecule has 0 saturated carbocycles. The molecule has 1 atom stereocenters. The van der Waals surface area contributed by atoms with Gasteiger partial charge in [0.05, 0.1) is 6.42 Å². The number of esters is 2. The molecular formula is C38H58N2O9. The summed E-state index contributed by atoms with van der Waals surface area (Å²) in [5.74, 6) is -3.07. The van der Waals surface area contributed by atoms with Gasteiger partial charge in [-0.25, -0.2) is 9.59 Å². The van der Waals surface area contributed by atoms with Gasteiger partial charge in [0.1, 0.15) is 18.2 Å². The molecule has 1 fully saturated rings. The third-order valence-electron chi connectivity index (χ3n) is 8.14. The van der Waals surface area contributed by atoms with E-state index in [0.717, 1.165) is 44.1 Å². The third kappa shape index (κ3) is 19.7. The molecule has 3 amide bonds. The van der Waals surface area contributed by atoms with Crippen LogP contribution >= 0.6 is 0 Å². The number of amides is 3. The lowest BCUT2D eigenvalue weighted by molar-refractivity contribution is -0.197. The monoisotopic (exact) mass is 686 g/mol. The zero-order valence-corrected chi connectivity index (χ0v) is 29.9. The fraction of sp³-hybridized carbons (Fsp3) is 0.684. The smallest absolute Gasteiger partial charge is 0.333 e.